The van der Waals surface area contributed by atoms with E-state index in [4.69, 9.17) is 4.74 Å². The Labute approximate surface area is 181 Å². The second kappa shape index (κ2) is 8.75. The van der Waals surface area contributed by atoms with Crippen LogP contribution in [0, 0.1) is 12.8 Å². The number of anilines is 2. The lowest BCUT2D eigenvalue weighted by Gasteiger charge is -2.31. The molecule has 162 valence electrons. The summed E-state index contributed by atoms with van der Waals surface area (Å²) in [7, 11) is 1.82. The Bertz CT molecular complexity index is 1110. The van der Waals surface area contributed by atoms with Crippen molar-refractivity contribution in [2.75, 3.05) is 25.0 Å². The van der Waals surface area contributed by atoms with Crippen LogP contribution in [0.3, 0.4) is 0 Å². The van der Waals surface area contributed by atoms with Gasteiger partial charge in [-0.25, -0.2) is 9.97 Å². The molecule has 8 heteroatoms. The first-order chi connectivity index (χ1) is 15.0. The lowest BCUT2D eigenvalue weighted by molar-refractivity contribution is -0.149. The topological polar surface area (TPSA) is 89.3 Å². The molecule has 31 heavy (non-hydrogen) atoms. The van der Waals surface area contributed by atoms with Crippen LogP contribution in [0.2, 0.25) is 0 Å². The summed E-state index contributed by atoms with van der Waals surface area (Å²) >= 11 is 0. The molecular weight excluding hydrogens is 394 g/mol. The number of nitrogens with one attached hydrogen (secondary N) is 1. The number of hydrogen-bond donors (Lipinski definition) is 1. The van der Waals surface area contributed by atoms with Crippen LogP contribution >= 0.6 is 0 Å². The van der Waals surface area contributed by atoms with Gasteiger partial charge in [0.05, 0.1) is 17.9 Å². The van der Waals surface area contributed by atoms with Crippen LogP contribution in [-0.2, 0) is 16.6 Å². The van der Waals surface area contributed by atoms with Crippen molar-refractivity contribution >= 4 is 34.4 Å². The SMILES string of the molecule is CCOC(=O)C1CCCN(C(=O)c2cc3c(Nc4ccc(C)cc4)ncnc3n2C)C1. The fourth-order valence-corrected chi connectivity index (χ4v) is 3.99. The number of fused-ring (bicyclic) bond motifs is 1. The highest BCUT2D eigenvalue weighted by Crippen LogP contribution is 2.27. The minimum Gasteiger partial charge on any atom is -0.466 e. The third-order valence-corrected chi connectivity index (χ3v) is 5.68. The van der Waals surface area contributed by atoms with Crippen molar-refractivity contribution < 1.29 is 14.3 Å². The van der Waals surface area contributed by atoms with E-state index in [0.717, 1.165) is 23.9 Å². The molecule has 0 bridgehead atoms. The number of hydrogen-bond acceptors (Lipinski definition) is 6. The Morgan fingerprint density at radius 3 is 2.74 bits per heavy atom. The normalized spacial score (nSPS) is 16.4. The molecule has 1 aliphatic rings. The van der Waals surface area contributed by atoms with Crippen molar-refractivity contribution in [1.82, 2.24) is 19.4 Å². The molecule has 3 aromatic rings. The molecular formula is C23H27N5O3. The summed E-state index contributed by atoms with van der Waals surface area (Å²) in [6.45, 7) is 5.18. The molecule has 1 unspecified atom stereocenters. The van der Waals surface area contributed by atoms with E-state index in [2.05, 4.69) is 15.3 Å². The molecule has 1 fully saturated rings. The number of nitrogens with zero attached hydrogens (tertiary/aromatic N) is 4. The molecule has 1 saturated heterocycles. The Hall–Kier alpha value is -3.42. The summed E-state index contributed by atoms with van der Waals surface area (Å²) < 4.78 is 6.94. The van der Waals surface area contributed by atoms with Crippen molar-refractivity contribution in [3.63, 3.8) is 0 Å². The predicted octanol–water partition coefficient (Wildman–Crippen LogP) is 3.44. The van der Waals surface area contributed by atoms with E-state index >= 15 is 0 Å². The van der Waals surface area contributed by atoms with Crippen LogP contribution in [0.1, 0.15) is 35.8 Å². The molecule has 0 saturated carbocycles. The van der Waals surface area contributed by atoms with Gasteiger partial charge in [-0.2, -0.15) is 0 Å². The summed E-state index contributed by atoms with van der Waals surface area (Å²) in [5.41, 5.74) is 3.28. The van der Waals surface area contributed by atoms with Gasteiger partial charge in [0, 0.05) is 25.8 Å². The van der Waals surface area contributed by atoms with E-state index < -0.39 is 0 Å². The first-order valence-corrected chi connectivity index (χ1v) is 10.6. The maximum atomic E-state index is 13.3. The van der Waals surface area contributed by atoms with Crippen molar-refractivity contribution in [1.29, 1.82) is 0 Å². The molecule has 4 rings (SSSR count). The second-order valence-electron chi connectivity index (χ2n) is 7.88. The Morgan fingerprint density at radius 2 is 2.00 bits per heavy atom. The maximum Gasteiger partial charge on any atom is 0.310 e. The van der Waals surface area contributed by atoms with Gasteiger partial charge in [0.25, 0.3) is 5.91 Å². The standard InChI is InChI=1S/C23H27N5O3/c1-4-31-23(30)16-6-5-11-28(13-16)22(29)19-12-18-20(24-14-25-21(18)27(19)3)26-17-9-7-15(2)8-10-17/h7-10,12,14,16H,4-6,11,13H2,1-3H3,(H,24,25,26). The first kappa shape index (κ1) is 20.8. The summed E-state index contributed by atoms with van der Waals surface area (Å²) in [5.74, 6) is 0.0284. The molecule has 1 atom stereocenters. The van der Waals surface area contributed by atoms with Gasteiger partial charge in [-0.3, -0.25) is 9.59 Å². The lowest BCUT2D eigenvalue weighted by Crippen LogP contribution is -2.43. The van der Waals surface area contributed by atoms with Crippen LogP contribution in [-0.4, -0.2) is 51.0 Å². The van der Waals surface area contributed by atoms with E-state index in [9.17, 15) is 9.59 Å². The molecule has 1 amide bonds. The van der Waals surface area contributed by atoms with Crippen molar-refractivity contribution in [3.8, 4) is 0 Å². The van der Waals surface area contributed by atoms with Crippen LogP contribution in [0.15, 0.2) is 36.7 Å². The van der Waals surface area contributed by atoms with E-state index in [1.165, 1.54) is 11.9 Å². The fourth-order valence-electron chi connectivity index (χ4n) is 3.99. The number of carbonyl (C=O) groups excluding carboxylic acids is 2. The molecule has 3 heterocycles. The maximum absolute atomic E-state index is 13.3. The Morgan fingerprint density at radius 1 is 1.23 bits per heavy atom. The highest BCUT2D eigenvalue weighted by Gasteiger charge is 2.31. The van der Waals surface area contributed by atoms with Crippen LogP contribution < -0.4 is 5.32 Å². The molecule has 0 radical (unpaired) electrons. The number of ether oxygens (including phenoxy) is 1. The van der Waals surface area contributed by atoms with Gasteiger partial charge in [-0.1, -0.05) is 17.7 Å². The summed E-state index contributed by atoms with van der Waals surface area (Å²) in [5, 5.41) is 4.09. The molecule has 1 aliphatic heterocycles. The minimum atomic E-state index is -0.272. The third-order valence-electron chi connectivity index (χ3n) is 5.68. The zero-order valence-electron chi connectivity index (χ0n) is 18.1. The summed E-state index contributed by atoms with van der Waals surface area (Å²) in [6.07, 6.45) is 3.01. The van der Waals surface area contributed by atoms with Crippen molar-refractivity contribution in [2.24, 2.45) is 13.0 Å². The number of aromatic nitrogens is 3. The van der Waals surface area contributed by atoms with Gasteiger partial charge in [-0.15, -0.1) is 0 Å². The summed E-state index contributed by atoms with van der Waals surface area (Å²) in [4.78, 5) is 36.0. The first-order valence-electron chi connectivity index (χ1n) is 10.6. The number of carbonyl (C=O) groups is 2. The van der Waals surface area contributed by atoms with Crippen molar-refractivity contribution in [2.45, 2.75) is 26.7 Å². The number of aryl methyl sites for hydroxylation is 2. The van der Waals surface area contributed by atoms with E-state index in [1.807, 2.05) is 44.3 Å². The summed E-state index contributed by atoms with van der Waals surface area (Å²) in [6, 6.07) is 9.85. The third kappa shape index (κ3) is 4.23. The van der Waals surface area contributed by atoms with Crippen LogP contribution in [0.4, 0.5) is 11.5 Å². The molecule has 0 aliphatic carbocycles. The smallest absolute Gasteiger partial charge is 0.310 e. The largest absolute Gasteiger partial charge is 0.466 e. The second-order valence-corrected chi connectivity index (χ2v) is 7.88. The number of piperidine rings is 1. The average Bonchev–Trinajstić information content (AvgIpc) is 3.12. The minimum absolute atomic E-state index is 0.115. The van der Waals surface area contributed by atoms with Gasteiger partial charge in [0.1, 0.15) is 23.5 Å². The van der Waals surface area contributed by atoms with E-state index in [0.29, 0.717) is 36.9 Å². The molecule has 8 nitrogen and oxygen atoms in total. The number of rotatable bonds is 5. The van der Waals surface area contributed by atoms with Gasteiger partial charge in [0.15, 0.2) is 0 Å². The quantitative estimate of drug-likeness (QED) is 0.635. The highest BCUT2D eigenvalue weighted by molar-refractivity contribution is 6.01. The molecule has 2 aromatic heterocycles. The van der Waals surface area contributed by atoms with E-state index in [-0.39, 0.29) is 17.8 Å². The molecule has 0 spiro atoms. The van der Waals surface area contributed by atoms with Crippen molar-refractivity contribution in [3.05, 3.63) is 47.9 Å². The zero-order chi connectivity index (χ0) is 22.0. The fraction of sp³-hybridized carbons (Fsp3) is 0.391. The highest BCUT2D eigenvalue weighted by atomic mass is 16.5. The number of likely N-dealkylation sites (tertiary alicyclic amines) is 1. The Balaban J connectivity index is 1.60. The van der Waals surface area contributed by atoms with Gasteiger partial charge < -0.3 is 19.5 Å². The zero-order valence-corrected chi connectivity index (χ0v) is 18.1. The Kier molecular flexibility index (Phi) is 5.88. The lowest BCUT2D eigenvalue weighted by atomic mass is 9.98. The average molecular weight is 422 g/mol. The number of amides is 1. The number of esters is 1. The van der Waals surface area contributed by atoms with Gasteiger partial charge >= 0.3 is 5.97 Å². The molecule has 1 aromatic carbocycles. The van der Waals surface area contributed by atoms with Gasteiger partial charge in [0.2, 0.25) is 0 Å². The van der Waals surface area contributed by atoms with Crippen LogP contribution in [0.25, 0.3) is 11.0 Å². The van der Waals surface area contributed by atoms with E-state index in [1.54, 1.807) is 16.4 Å². The predicted molar refractivity (Wildman–Crippen MR) is 118 cm³/mol. The monoisotopic (exact) mass is 421 g/mol. The number of benzene rings is 1. The van der Waals surface area contributed by atoms with Gasteiger partial charge in [-0.05, 0) is 44.9 Å². The van der Waals surface area contributed by atoms with Crippen LogP contribution in [0.5, 0.6) is 0 Å². The molecule has 1 N–H and O–H groups in total.